The highest BCUT2D eigenvalue weighted by molar-refractivity contribution is 8.01. The Bertz CT molecular complexity index is 52.0. The molecule has 7 heavy (non-hydrogen) atoms. The highest BCUT2D eigenvalue weighted by atomic mass is 32.2. The third-order valence-corrected chi connectivity index (χ3v) is 0.960. The van der Waals surface area contributed by atoms with Crippen LogP contribution in [0, 0.1) is 0 Å². The van der Waals surface area contributed by atoms with E-state index in [1.54, 1.807) is 18.9 Å². The van der Waals surface area contributed by atoms with Crippen LogP contribution in [-0.2, 0) is 4.74 Å². The fourth-order valence-electron chi connectivity index (χ4n) is 0.232. The first-order valence-electron chi connectivity index (χ1n) is 2.08. The number of ether oxygens (including phenoxy) is 1. The first kappa shape index (κ1) is 7.05. The van der Waals surface area contributed by atoms with Crippen molar-refractivity contribution in [2.75, 3.05) is 20.0 Å². The van der Waals surface area contributed by atoms with Gasteiger partial charge in [-0.15, -0.1) is 11.8 Å². The van der Waals surface area contributed by atoms with E-state index in [1.807, 2.05) is 17.7 Å². The van der Waals surface area contributed by atoms with Crippen molar-refractivity contribution in [2.24, 2.45) is 0 Å². The Morgan fingerprint density at radius 1 is 1.71 bits per heavy atom. The summed E-state index contributed by atoms with van der Waals surface area (Å²) in [5, 5.41) is 2.00. The predicted octanol–water partition coefficient (Wildman–Crippen LogP) is 1.51. The molecule has 0 bridgehead atoms. The number of thioether (sulfide) groups is 1. The molecule has 0 aromatic rings. The zero-order valence-electron chi connectivity index (χ0n) is 4.68. The van der Waals surface area contributed by atoms with E-state index in [9.17, 15) is 0 Å². The second-order valence-electron chi connectivity index (χ2n) is 1.06. The van der Waals surface area contributed by atoms with Crippen molar-refractivity contribution >= 4 is 11.8 Å². The molecule has 0 amide bonds. The number of hydrogen-bond acceptors (Lipinski definition) is 2. The maximum Gasteiger partial charge on any atom is 0.0651 e. The van der Waals surface area contributed by atoms with Crippen LogP contribution in [0.1, 0.15) is 0 Å². The summed E-state index contributed by atoms with van der Waals surface area (Å²) in [4.78, 5) is 0. The van der Waals surface area contributed by atoms with Crippen molar-refractivity contribution in [1.82, 2.24) is 0 Å². The van der Waals surface area contributed by atoms with Gasteiger partial charge in [-0.2, -0.15) is 0 Å². The summed E-state index contributed by atoms with van der Waals surface area (Å²) in [6.07, 6.45) is 4.00. The topological polar surface area (TPSA) is 9.23 Å². The van der Waals surface area contributed by atoms with Gasteiger partial charge in [-0.1, -0.05) is 6.08 Å². The van der Waals surface area contributed by atoms with Crippen molar-refractivity contribution in [3.63, 3.8) is 0 Å². The lowest BCUT2D eigenvalue weighted by atomic mass is 10.7. The van der Waals surface area contributed by atoms with Crippen molar-refractivity contribution in [2.45, 2.75) is 0 Å². The Labute approximate surface area is 48.7 Å². The molecule has 0 radical (unpaired) electrons. The van der Waals surface area contributed by atoms with Crippen LogP contribution in [0.3, 0.4) is 0 Å². The van der Waals surface area contributed by atoms with Crippen molar-refractivity contribution < 1.29 is 4.74 Å². The lowest BCUT2D eigenvalue weighted by Gasteiger charge is -1.83. The molecule has 0 saturated carbocycles. The Kier molecular flexibility index (Phi) is 6.09. The monoisotopic (exact) mass is 118 g/mol. The molecule has 42 valence electrons. The van der Waals surface area contributed by atoms with E-state index >= 15 is 0 Å². The Morgan fingerprint density at radius 2 is 2.43 bits per heavy atom. The Morgan fingerprint density at radius 3 is 2.86 bits per heavy atom. The molecule has 0 aliphatic heterocycles. The molecule has 0 aliphatic rings. The molecule has 0 fully saturated rings. The van der Waals surface area contributed by atoms with Crippen LogP contribution in [0.4, 0.5) is 0 Å². The highest BCUT2D eigenvalue weighted by Gasteiger charge is 1.66. The molecule has 0 rings (SSSR count). The van der Waals surface area contributed by atoms with Gasteiger partial charge in [-0.05, 0) is 11.7 Å². The fourth-order valence-corrected chi connectivity index (χ4v) is 0.503. The second-order valence-corrected chi connectivity index (χ2v) is 1.81. The minimum Gasteiger partial charge on any atom is -0.381 e. The molecule has 0 N–H and O–H groups in total. The summed E-state index contributed by atoms with van der Waals surface area (Å²) >= 11 is 1.68. The van der Waals surface area contributed by atoms with Gasteiger partial charge in [0.15, 0.2) is 0 Å². The van der Waals surface area contributed by atoms with Gasteiger partial charge in [-0.25, -0.2) is 0 Å². The predicted molar refractivity (Wildman–Crippen MR) is 34.5 cm³/mol. The second kappa shape index (κ2) is 6.05. The molecule has 1 nitrogen and oxygen atoms in total. The molecule has 0 saturated heterocycles. The summed E-state index contributed by atoms with van der Waals surface area (Å²) in [7, 11) is 1.69. The molecule has 0 unspecified atom stereocenters. The van der Waals surface area contributed by atoms with Crippen molar-refractivity contribution in [1.29, 1.82) is 0 Å². The highest BCUT2D eigenvalue weighted by Crippen LogP contribution is 1.91. The van der Waals surface area contributed by atoms with E-state index in [2.05, 4.69) is 0 Å². The fraction of sp³-hybridized carbons (Fsp3) is 0.600. The van der Waals surface area contributed by atoms with Gasteiger partial charge in [0.1, 0.15) is 0 Å². The summed E-state index contributed by atoms with van der Waals surface area (Å²) in [6.45, 7) is 0.723. The van der Waals surface area contributed by atoms with Crippen LogP contribution in [0.2, 0.25) is 0 Å². The molecule has 0 heterocycles. The van der Waals surface area contributed by atoms with E-state index in [0.29, 0.717) is 0 Å². The van der Waals surface area contributed by atoms with E-state index in [-0.39, 0.29) is 0 Å². The molecule has 2 heteroatoms. The molecule has 0 aromatic heterocycles. The maximum atomic E-state index is 4.74. The number of rotatable bonds is 3. The lowest BCUT2D eigenvalue weighted by molar-refractivity contribution is 0.234. The lowest BCUT2D eigenvalue weighted by Crippen LogP contribution is -1.77. The molecule has 0 atom stereocenters. The zero-order valence-corrected chi connectivity index (χ0v) is 5.49. The third-order valence-electron chi connectivity index (χ3n) is 0.495. The molecule has 0 aliphatic carbocycles. The van der Waals surface area contributed by atoms with Crippen LogP contribution in [0.5, 0.6) is 0 Å². The van der Waals surface area contributed by atoms with Crippen LogP contribution >= 0.6 is 11.8 Å². The van der Waals surface area contributed by atoms with Crippen LogP contribution in [0.25, 0.3) is 0 Å². The zero-order chi connectivity index (χ0) is 5.54. The largest absolute Gasteiger partial charge is 0.381 e. The SMILES string of the molecule is COCC=CSC. The van der Waals surface area contributed by atoms with E-state index in [4.69, 9.17) is 4.74 Å². The van der Waals surface area contributed by atoms with E-state index in [1.165, 1.54) is 0 Å². The number of methoxy groups -OCH3 is 1. The average molecular weight is 118 g/mol. The van der Waals surface area contributed by atoms with Gasteiger partial charge in [-0.3, -0.25) is 0 Å². The van der Waals surface area contributed by atoms with Gasteiger partial charge < -0.3 is 4.74 Å². The number of hydrogen-bond donors (Lipinski definition) is 0. The van der Waals surface area contributed by atoms with Crippen LogP contribution in [0.15, 0.2) is 11.5 Å². The normalized spacial score (nSPS) is 10.6. The van der Waals surface area contributed by atoms with Gasteiger partial charge in [0, 0.05) is 7.11 Å². The molecule has 0 aromatic carbocycles. The molecule has 0 spiro atoms. The van der Waals surface area contributed by atoms with Crippen molar-refractivity contribution in [3.8, 4) is 0 Å². The van der Waals surface area contributed by atoms with Crippen LogP contribution in [-0.4, -0.2) is 20.0 Å². The van der Waals surface area contributed by atoms with Gasteiger partial charge in [0.2, 0.25) is 0 Å². The maximum absolute atomic E-state index is 4.74. The average Bonchev–Trinajstić information content (AvgIpc) is 1.69. The van der Waals surface area contributed by atoms with Gasteiger partial charge in [0.05, 0.1) is 6.61 Å². The van der Waals surface area contributed by atoms with Gasteiger partial charge in [0.25, 0.3) is 0 Å². The Balaban J connectivity index is 2.78. The van der Waals surface area contributed by atoms with Crippen LogP contribution < -0.4 is 0 Å². The first-order chi connectivity index (χ1) is 3.41. The Hall–Kier alpha value is 0.0500. The van der Waals surface area contributed by atoms with E-state index in [0.717, 1.165) is 6.61 Å². The summed E-state index contributed by atoms with van der Waals surface area (Å²) < 4.78 is 4.74. The minimum absolute atomic E-state index is 0.723. The first-order valence-corrected chi connectivity index (χ1v) is 3.37. The summed E-state index contributed by atoms with van der Waals surface area (Å²) in [5.74, 6) is 0. The van der Waals surface area contributed by atoms with Crippen molar-refractivity contribution in [3.05, 3.63) is 11.5 Å². The molecular weight excluding hydrogens is 108 g/mol. The smallest absolute Gasteiger partial charge is 0.0651 e. The summed E-state index contributed by atoms with van der Waals surface area (Å²) in [5.41, 5.74) is 0. The van der Waals surface area contributed by atoms with Gasteiger partial charge >= 0.3 is 0 Å². The van der Waals surface area contributed by atoms with E-state index < -0.39 is 0 Å². The minimum atomic E-state index is 0.723. The quantitative estimate of drug-likeness (QED) is 0.555. The third kappa shape index (κ3) is 6.05. The molecular formula is C5H10OS. The summed E-state index contributed by atoms with van der Waals surface area (Å²) in [6, 6.07) is 0. The standard InChI is InChI=1S/C5H10OS/c1-6-4-3-5-7-2/h3,5H,4H2,1-2H3.